The van der Waals surface area contributed by atoms with E-state index in [4.69, 9.17) is 5.11 Å². The van der Waals surface area contributed by atoms with Crippen LogP contribution >= 0.6 is 0 Å². The van der Waals surface area contributed by atoms with Crippen molar-refractivity contribution < 1.29 is 34.2 Å². The Balaban J connectivity index is 1.61. The second kappa shape index (κ2) is 9.67. The number of carbonyl (C=O) groups is 5. The molecule has 0 radical (unpaired) electrons. The van der Waals surface area contributed by atoms with E-state index in [2.05, 4.69) is 6.58 Å². The number of carbonyl (C=O) groups excluding carboxylic acids is 4. The van der Waals surface area contributed by atoms with Gasteiger partial charge in [0.15, 0.2) is 11.6 Å². The molecule has 8 nitrogen and oxygen atoms in total. The molecule has 0 aromatic heterocycles. The molecular formula is C30H29NO7. The first-order valence-electron chi connectivity index (χ1n) is 12.8. The highest BCUT2D eigenvalue weighted by molar-refractivity contribution is 6.23. The zero-order chi connectivity index (χ0) is 27.3. The van der Waals surface area contributed by atoms with E-state index >= 15 is 0 Å². The molecule has 4 atom stereocenters. The Bertz CT molecular complexity index is 1390. The maximum atomic E-state index is 13.6. The summed E-state index contributed by atoms with van der Waals surface area (Å²) < 4.78 is 0. The molecular weight excluding hydrogens is 486 g/mol. The molecule has 2 amide bonds. The van der Waals surface area contributed by atoms with Crippen LogP contribution < -0.4 is 0 Å². The lowest BCUT2D eigenvalue weighted by Gasteiger charge is -2.42. The maximum absolute atomic E-state index is 13.6. The molecule has 0 bridgehead atoms. The number of imide groups is 1. The molecule has 4 aliphatic rings. The third kappa shape index (κ3) is 3.95. The Labute approximate surface area is 220 Å². The average Bonchev–Trinajstić information content (AvgIpc) is 3.12. The van der Waals surface area contributed by atoms with Gasteiger partial charge in [-0.2, -0.15) is 0 Å². The number of aromatic hydroxyl groups is 1. The summed E-state index contributed by atoms with van der Waals surface area (Å²) in [6.07, 6.45) is 5.77. The number of nitrogens with zero attached hydrogens (tertiary/aromatic N) is 1. The van der Waals surface area contributed by atoms with Crippen LogP contribution in [-0.2, 0) is 30.4 Å². The van der Waals surface area contributed by atoms with Crippen LogP contribution in [0.15, 0.2) is 65.3 Å². The minimum atomic E-state index is -0.998. The Morgan fingerprint density at radius 3 is 2.63 bits per heavy atom. The molecule has 5 rings (SSSR count). The summed E-state index contributed by atoms with van der Waals surface area (Å²) in [4.78, 5) is 65.6. The number of hydrogen-bond donors (Lipinski definition) is 2. The van der Waals surface area contributed by atoms with E-state index in [0.29, 0.717) is 40.7 Å². The van der Waals surface area contributed by atoms with Crippen molar-refractivity contribution in [3.05, 3.63) is 76.4 Å². The molecule has 1 aromatic rings. The summed E-state index contributed by atoms with van der Waals surface area (Å²) in [5.41, 5.74) is 2.85. The number of Topliss-reactive ketones (excluding diaryl/α,β-unsaturated/α-hetero) is 1. The van der Waals surface area contributed by atoms with Crippen molar-refractivity contribution in [2.24, 2.45) is 17.8 Å². The molecule has 1 fully saturated rings. The number of phenolic OH excluding ortho intramolecular Hbond substituents is 1. The normalized spacial score (nSPS) is 26.5. The smallest absolute Gasteiger partial charge is 0.303 e. The largest absolute Gasteiger partial charge is 0.507 e. The monoisotopic (exact) mass is 515 g/mol. The van der Waals surface area contributed by atoms with Gasteiger partial charge >= 0.3 is 5.97 Å². The third-order valence-electron chi connectivity index (χ3n) is 8.25. The molecule has 0 saturated carbocycles. The zero-order valence-electron chi connectivity index (χ0n) is 21.1. The Hall–Kier alpha value is -4.07. The van der Waals surface area contributed by atoms with Gasteiger partial charge in [-0.15, -0.1) is 6.58 Å². The van der Waals surface area contributed by atoms with Gasteiger partial charge in [-0.3, -0.25) is 28.9 Å². The predicted octanol–water partition coefficient (Wildman–Crippen LogP) is 3.42. The van der Waals surface area contributed by atoms with E-state index in [-0.39, 0.29) is 54.9 Å². The van der Waals surface area contributed by atoms with Crippen molar-refractivity contribution in [2.75, 3.05) is 6.54 Å². The first kappa shape index (κ1) is 25.6. The summed E-state index contributed by atoms with van der Waals surface area (Å²) in [5.74, 6) is -4.75. The molecule has 3 aliphatic carbocycles. The number of likely N-dealkylation sites (tertiary alicyclic amines) is 1. The van der Waals surface area contributed by atoms with Crippen molar-refractivity contribution >= 4 is 29.4 Å². The number of benzene rings is 1. The van der Waals surface area contributed by atoms with Crippen molar-refractivity contribution in [3.63, 3.8) is 0 Å². The number of allylic oxidation sites excluding steroid dienone is 7. The van der Waals surface area contributed by atoms with Crippen molar-refractivity contribution in [1.29, 1.82) is 0 Å². The quantitative estimate of drug-likeness (QED) is 0.323. The van der Waals surface area contributed by atoms with Crippen LogP contribution in [0.5, 0.6) is 5.75 Å². The Kier molecular flexibility index (Phi) is 6.51. The fourth-order valence-corrected chi connectivity index (χ4v) is 6.58. The van der Waals surface area contributed by atoms with Crippen molar-refractivity contribution in [2.45, 2.75) is 44.9 Å². The number of rotatable bonds is 7. The standard InChI is InChI=1S/C30H29NO7/c1-3-6-16-7-4-8-18(28(16)36)24-17-10-11-19-25(30(38)31(29(19)37)12-5-9-23(33)34)20(17)14-21-26(24)22(32)13-15(2)27(21)35/h3-4,7-8,10,13,19-20,24-25,36H,1,5-6,9,11-12,14H2,2H3,(H,33,34)/t19-,20+,24+,25-/m0/s1. The molecule has 0 spiro atoms. The first-order valence-corrected chi connectivity index (χ1v) is 12.8. The van der Waals surface area contributed by atoms with Crippen LogP contribution in [0.1, 0.15) is 49.7 Å². The average molecular weight is 516 g/mol. The van der Waals surface area contributed by atoms with Gasteiger partial charge in [0.05, 0.1) is 11.8 Å². The molecule has 8 heteroatoms. The van der Waals surface area contributed by atoms with Gasteiger partial charge in [0.25, 0.3) is 0 Å². The number of ketones is 2. The molecule has 38 heavy (non-hydrogen) atoms. The van der Waals surface area contributed by atoms with E-state index in [9.17, 15) is 29.1 Å². The maximum Gasteiger partial charge on any atom is 0.303 e. The molecule has 0 unspecified atom stereocenters. The van der Waals surface area contributed by atoms with Gasteiger partial charge in [0.1, 0.15) is 5.75 Å². The number of fused-ring (bicyclic) bond motifs is 3. The van der Waals surface area contributed by atoms with Gasteiger partial charge < -0.3 is 10.2 Å². The third-order valence-corrected chi connectivity index (χ3v) is 8.25. The van der Waals surface area contributed by atoms with Crippen LogP contribution in [-0.4, -0.2) is 51.0 Å². The van der Waals surface area contributed by atoms with E-state index in [1.54, 1.807) is 31.2 Å². The lowest BCUT2D eigenvalue weighted by atomic mass is 9.59. The van der Waals surface area contributed by atoms with Crippen LogP contribution in [0.3, 0.4) is 0 Å². The number of carboxylic acid groups (broad SMARTS) is 1. The van der Waals surface area contributed by atoms with Gasteiger partial charge in [0, 0.05) is 41.2 Å². The minimum Gasteiger partial charge on any atom is -0.507 e. The van der Waals surface area contributed by atoms with Crippen LogP contribution in [0, 0.1) is 17.8 Å². The van der Waals surface area contributed by atoms with Crippen LogP contribution in [0.2, 0.25) is 0 Å². The van der Waals surface area contributed by atoms with Crippen LogP contribution in [0.4, 0.5) is 0 Å². The van der Waals surface area contributed by atoms with E-state index in [1.165, 1.54) is 6.08 Å². The summed E-state index contributed by atoms with van der Waals surface area (Å²) in [5, 5.41) is 20.2. The summed E-state index contributed by atoms with van der Waals surface area (Å²) in [6.45, 7) is 5.36. The fourth-order valence-electron chi connectivity index (χ4n) is 6.58. The molecule has 1 aromatic carbocycles. The second-order valence-electron chi connectivity index (χ2n) is 10.4. The number of hydrogen-bond acceptors (Lipinski definition) is 6. The first-order chi connectivity index (χ1) is 18.1. The highest BCUT2D eigenvalue weighted by Gasteiger charge is 2.56. The number of amides is 2. The topological polar surface area (TPSA) is 129 Å². The Morgan fingerprint density at radius 1 is 1.16 bits per heavy atom. The molecule has 196 valence electrons. The van der Waals surface area contributed by atoms with E-state index in [0.717, 1.165) is 10.5 Å². The minimum absolute atomic E-state index is 0.0172. The Morgan fingerprint density at radius 2 is 1.92 bits per heavy atom. The SMILES string of the molecule is C=CCc1cccc([C@H]2C3=CC[C@@H]4C(=O)N(CCCC(=O)O)C(=O)[C@@H]4[C@@H]3CC3=C2C(=O)C=C(C)C3=O)c1O. The predicted molar refractivity (Wildman–Crippen MR) is 137 cm³/mol. The second-order valence-corrected chi connectivity index (χ2v) is 10.4. The number of para-hydroxylation sites is 1. The summed E-state index contributed by atoms with van der Waals surface area (Å²) in [6, 6.07) is 5.29. The van der Waals surface area contributed by atoms with Crippen LogP contribution in [0.25, 0.3) is 0 Å². The van der Waals surface area contributed by atoms with E-state index < -0.39 is 29.6 Å². The molecule has 1 aliphatic heterocycles. The van der Waals surface area contributed by atoms with Crippen molar-refractivity contribution in [1.82, 2.24) is 4.90 Å². The van der Waals surface area contributed by atoms with Gasteiger partial charge in [0.2, 0.25) is 11.8 Å². The number of aliphatic carboxylic acids is 1. The van der Waals surface area contributed by atoms with Gasteiger partial charge in [-0.05, 0) is 50.2 Å². The van der Waals surface area contributed by atoms with Gasteiger partial charge in [-0.1, -0.05) is 35.9 Å². The molecule has 1 heterocycles. The lowest BCUT2D eigenvalue weighted by molar-refractivity contribution is -0.142. The van der Waals surface area contributed by atoms with Gasteiger partial charge in [-0.25, -0.2) is 0 Å². The number of phenols is 1. The summed E-state index contributed by atoms with van der Waals surface area (Å²) >= 11 is 0. The number of carboxylic acids is 1. The highest BCUT2D eigenvalue weighted by atomic mass is 16.4. The highest BCUT2D eigenvalue weighted by Crippen LogP contribution is 2.56. The summed E-state index contributed by atoms with van der Waals surface area (Å²) in [7, 11) is 0. The lowest BCUT2D eigenvalue weighted by Crippen LogP contribution is -2.40. The van der Waals surface area contributed by atoms with E-state index in [1.807, 2.05) is 6.08 Å². The zero-order valence-corrected chi connectivity index (χ0v) is 21.1. The molecule has 1 saturated heterocycles. The fraction of sp³-hybridized carbons (Fsp3) is 0.367. The van der Waals surface area contributed by atoms with Crippen molar-refractivity contribution in [3.8, 4) is 5.75 Å². The molecule has 2 N–H and O–H groups in total.